The van der Waals surface area contributed by atoms with Crippen LogP contribution < -0.4 is 10.2 Å². The van der Waals surface area contributed by atoms with Crippen LogP contribution in [0.1, 0.15) is 68.2 Å². The van der Waals surface area contributed by atoms with Crippen molar-refractivity contribution < 1.29 is 47.6 Å². The van der Waals surface area contributed by atoms with Gasteiger partial charge >= 0.3 is 12.0 Å². The van der Waals surface area contributed by atoms with Crippen molar-refractivity contribution in [3.05, 3.63) is 59.2 Å². The lowest BCUT2D eigenvalue weighted by Crippen LogP contribution is -2.42. The Hall–Kier alpha value is -3.56. The Morgan fingerprint density at radius 2 is 1.73 bits per heavy atom. The standard InChI is InChI=1S/C31H43N3O10S/c1-22(36)44-30-29(39)33(31(40)34(30)45(2,41)42)26-12-9-11-23(18-26)10-5-8-17-43-16-7-4-3-6-15-32-20-28(38)24-13-14-27(37)25(19-24)21-35/h9,11-14,18-19,28,30,32,35,37-38H,3-8,10,15-17,20-21H2,1-2H3/t28-,30?/m0/s1. The van der Waals surface area contributed by atoms with Gasteiger partial charge in [0.05, 0.1) is 24.7 Å². The highest BCUT2D eigenvalue weighted by atomic mass is 32.2. The minimum Gasteiger partial charge on any atom is -0.508 e. The molecule has 2 atom stereocenters. The zero-order chi connectivity index (χ0) is 33.0. The summed E-state index contributed by atoms with van der Waals surface area (Å²) in [5.41, 5.74) is 2.08. The maximum Gasteiger partial charge on any atom is 0.348 e. The molecule has 0 saturated carbocycles. The van der Waals surface area contributed by atoms with Crippen LogP contribution in [-0.4, -0.2) is 84.7 Å². The Balaban J connectivity index is 1.28. The summed E-state index contributed by atoms with van der Waals surface area (Å²) >= 11 is 0. The highest BCUT2D eigenvalue weighted by Gasteiger charge is 2.52. The van der Waals surface area contributed by atoms with Gasteiger partial charge in [0.25, 0.3) is 12.1 Å². The van der Waals surface area contributed by atoms with Gasteiger partial charge in [0.1, 0.15) is 5.75 Å². The highest BCUT2D eigenvalue weighted by Crippen LogP contribution is 2.29. The molecule has 1 fully saturated rings. The van der Waals surface area contributed by atoms with E-state index in [9.17, 15) is 38.1 Å². The van der Waals surface area contributed by atoms with Gasteiger partial charge in [-0.25, -0.2) is 18.1 Å². The number of urea groups is 1. The number of benzene rings is 2. The summed E-state index contributed by atoms with van der Waals surface area (Å²) in [6.07, 6.45) is 4.42. The largest absolute Gasteiger partial charge is 0.508 e. The molecule has 14 heteroatoms. The van der Waals surface area contributed by atoms with Crippen LogP contribution in [0.3, 0.4) is 0 Å². The van der Waals surface area contributed by atoms with E-state index in [0.29, 0.717) is 42.2 Å². The second kappa shape index (κ2) is 17.2. The Bertz CT molecular complexity index is 1420. The van der Waals surface area contributed by atoms with E-state index >= 15 is 0 Å². The monoisotopic (exact) mass is 649 g/mol. The van der Waals surface area contributed by atoms with Crippen LogP contribution in [0.2, 0.25) is 0 Å². The Morgan fingerprint density at radius 3 is 2.42 bits per heavy atom. The number of nitrogens with zero attached hydrogens (tertiary/aromatic N) is 2. The number of sulfonamides is 1. The normalized spacial score (nSPS) is 16.0. The molecule has 0 radical (unpaired) electrons. The molecule has 0 aliphatic carbocycles. The first-order valence-corrected chi connectivity index (χ1v) is 16.8. The van der Waals surface area contributed by atoms with E-state index in [1.54, 1.807) is 24.3 Å². The van der Waals surface area contributed by atoms with Crippen LogP contribution in [0, 0.1) is 0 Å². The summed E-state index contributed by atoms with van der Waals surface area (Å²) in [5.74, 6) is -1.83. The van der Waals surface area contributed by atoms with E-state index in [1.807, 2.05) is 6.07 Å². The van der Waals surface area contributed by atoms with Gasteiger partial charge in [0.2, 0.25) is 10.0 Å². The lowest BCUT2D eigenvalue weighted by molar-refractivity contribution is -0.155. The summed E-state index contributed by atoms with van der Waals surface area (Å²) in [5, 5.41) is 32.4. The number of carbonyl (C=O) groups is 3. The molecule has 1 saturated heterocycles. The third-order valence-electron chi connectivity index (χ3n) is 7.22. The Kier molecular flexibility index (Phi) is 13.7. The van der Waals surface area contributed by atoms with Crippen LogP contribution in [-0.2, 0) is 42.1 Å². The Labute approximate surface area is 263 Å². The maximum absolute atomic E-state index is 12.9. The molecular weight excluding hydrogens is 606 g/mol. The summed E-state index contributed by atoms with van der Waals surface area (Å²) in [6, 6.07) is 10.3. The zero-order valence-corrected chi connectivity index (χ0v) is 26.5. The number of esters is 1. The highest BCUT2D eigenvalue weighted by molar-refractivity contribution is 7.89. The van der Waals surface area contributed by atoms with Crippen molar-refractivity contribution in [1.29, 1.82) is 0 Å². The van der Waals surface area contributed by atoms with Crippen molar-refractivity contribution in [1.82, 2.24) is 9.62 Å². The van der Waals surface area contributed by atoms with Crippen LogP contribution in [0.25, 0.3) is 0 Å². The number of hydrogen-bond donors (Lipinski definition) is 4. The van der Waals surface area contributed by atoms with Crippen LogP contribution >= 0.6 is 0 Å². The van der Waals surface area contributed by atoms with Crippen molar-refractivity contribution >= 4 is 33.6 Å². The molecule has 3 rings (SSSR count). The van der Waals surface area contributed by atoms with Crippen molar-refractivity contribution in [2.45, 2.75) is 70.8 Å². The van der Waals surface area contributed by atoms with E-state index in [1.165, 1.54) is 12.1 Å². The number of hydrogen-bond acceptors (Lipinski definition) is 11. The van der Waals surface area contributed by atoms with Crippen LogP contribution in [0.15, 0.2) is 42.5 Å². The summed E-state index contributed by atoms with van der Waals surface area (Å²) < 4.78 is 35.2. The molecule has 0 aromatic heterocycles. The second-order valence-electron chi connectivity index (χ2n) is 10.9. The molecule has 0 spiro atoms. The lowest BCUT2D eigenvalue weighted by atomic mass is 10.1. The third-order valence-corrected chi connectivity index (χ3v) is 8.28. The number of nitrogens with one attached hydrogen (secondary N) is 1. The van der Waals surface area contributed by atoms with Gasteiger partial charge < -0.3 is 30.1 Å². The fourth-order valence-corrected chi connectivity index (χ4v) is 5.75. The average molecular weight is 650 g/mol. The van der Waals surface area contributed by atoms with Crippen LogP contribution in [0.4, 0.5) is 10.5 Å². The molecular formula is C31H43N3O10S. The quantitative estimate of drug-likeness (QED) is 0.0997. The van der Waals surface area contributed by atoms with Crippen molar-refractivity contribution in [3.63, 3.8) is 0 Å². The maximum atomic E-state index is 12.9. The number of aliphatic hydroxyl groups is 2. The molecule has 0 bridgehead atoms. The van der Waals surface area contributed by atoms with E-state index in [-0.39, 0.29) is 22.3 Å². The number of ether oxygens (including phenoxy) is 2. The summed E-state index contributed by atoms with van der Waals surface area (Å²) in [7, 11) is -4.17. The van der Waals surface area contributed by atoms with Crippen molar-refractivity contribution in [2.75, 3.05) is 37.5 Å². The molecule has 4 N–H and O–H groups in total. The number of carbonyl (C=O) groups excluding carboxylic acids is 3. The zero-order valence-electron chi connectivity index (χ0n) is 25.7. The van der Waals surface area contributed by atoms with Crippen LogP contribution in [0.5, 0.6) is 5.75 Å². The van der Waals surface area contributed by atoms with Crippen molar-refractivity contribution in [2.24, 2.45) is 0 Å². The van der Waals surface area contributed by atoms with Gasteiger partial charge in [0.15, 0.2) is 0 Å². The van der Waals surface area contributed by atoms with Crippen molar-refractivity contribution in [3.8, 4) is 5.75 Å². The van der Waals surface area contributed by atoms with Gasteiger partial charge in [-0.05, 0) is 74.0 Å². The minimum atomic E-state index is -4.17. The van der Waals surface area contributed by atoms with Gasteiger partial charge in [-0.1, -0.05) is 31.0 Å². The predicted octanol–water partition coefficient (Wildman–Crippen LogP) is 2.72. The minimum absolute atomic E-state index is 0.00908. The number of amides is 3. The molecule has 2 aromatic rings. The molecule has 1 unspecified atom stereocenters. The smallest absolute Gasteiger partial charge is 0.348 e. The fraction of sp³-hybridized carbons (Fsp3) is 0.516. The second-order valence-corrected chi connectivity index (χ2v) is 12.8. The molecule has 1 aliphatic rings. The topological polar surface area (TPSA) is 183 Å². The van der Waals surface area contributed by atoms with E-state index in [2.05, 4.69) is 5.32 Å². The fourth-order valence-electron chi connectivity index (χ4n) is 4.90. The first-order chi connectivity index (χ1) is 21.4. The molecule has 1 aliphatic heterocycles. The number of aromatic hydroxyl groups is 1. The number of anilines is 1. The summed E-state index contributed by atoms with van der Waals surface area (Å²) in [6.45, 7) is 3.16. The number of aryl methyl sites for hydroxylation is 1. The number of phenols is 1. The van der Waals surface area contributed by atoms with E-state index in [4.69, 9.17) is 9.47 Å². The summed E-state index contributed by atoms with van der Waals surface area (Å²) in [4.78, 5) is 37.9. The molecule has 2 aromatic carbocycles. The predicted molar refractivity (Wildman–Crippen MR) is 166 cm³/mol. The van der Waals surface area contributed by atoms with Gasteiger partial charge in [0, 0.05) is 32.2 Å². The van der Waals surface area contributed by atoms with Gasteiger partial charge in [-0.15, -0.1) is 0 Å². The van der Waals surface area contributed by atoms with E-state index in [0.717, 1.165) is 63.8 Å². The first-order valence-electron chi connectivity index (χ1n) is 15.0. The molecule has 3 amide bonds. The average Bonchev–Trinajstić information content (AvgIpc) is 3.23. The van der Waals surface area contributed by atoms with E-state index < -0.39 is 40.3 Å². The molecule has 1 heterocycles. The lowest BCUT2D eigenvalue weighted by Gasteiger charge is -2.18. The number of aliphatic hydroxyl groups excluding tert-OH is 2. The van der Waals surface area contributed by atoms with Gasteiger partial charge in [-0.3, -0.25) is 9.59 Å². The number of rotatable bonds is 19. The SMILES string of the molecule is CC(=O)OC1C(=O)N(c2cccc(CCCCOCCCCCCNC[C@H](O)c3ccc(O)c(CO)c3)c2)C(=O)N1S(C)(=O)=O. The van der Waals surface area contributed by atoms with Gasteiger partial charge in [-0.2, -0.15) is 4.31 Å². The third kappa shape index (κ3) is 10.5. The Morgan fingerprint density at radius 1 is 1.02 bits per heavy atom. The molecule has 13 nitrogen and oxygen atoms in total. The molecule has 248 valence electrons. The number of imide groups is 1. The molecule has 45 heavy (non-hydrogen) atoms. The number of unbranched alkanes of at least 4 members (excludes halogenated alkanes) is 4. The first kappa shape index (κ1) is 35.9.